The van der Waals surface area contributed by atoms with Crippen LogP contribution in [0.1, 0.15) is 13.8 Å². The fourth-order valence-corrected chi connectivity index (χ4v) is 1.81. The van der Waals surface area contributed by atoms with Gasteiger partial charge < -0.3 is 0 Å². The topological polar surface area (TPSA) is 49.4 Å². The lowest BCUT2D eigenvalue weighted by Gasteiger charge is -2.20. The van der Waals surface area contributed by atoms with Crippen molar-refractivity contribution in [2.24, 2.45) is 0 Å². The smallest absolute Gasteiger partial charge is 0.197 e. The predicted molar refractivity (Wildman–Crippen MR) is 54.8 cm³/mol. The van der Waals surface area contributed by atoms with Crippen molar-refractivity contribution in [3.8, 4) is 0 Å². The fourth-order valence-electron chi connectivity index (χ4n) is 0.549. The first-order valence-electron chi connectivity index (χ1n) is 3.83. The van der Waals surface area contributed by atoms with Crippen LogP contribution < -0.4 is 4.72 Å². The molecule has 0 aromatic carbocycles. The highest BCUT2D eigenvalue weighted by Crippen LogP contribution is 2.02. The van der Waals surface area contributed by atoms with Crippen LogP contribution in [0, 0.1) is 0 Å². The minimum Gasteiger partial charge on any atom is -0.197 e. The average Bonchev–Trinajstić information content (AvgIpc) is 1.99. The number of hydrogen-bond donors (Lipinski definition) is 1. The Bertz CT molecular complexity index is 274. The third kappa shape index (κ3) is 4.61. The van der Waals surface area contributed by atoms with Crippen LogP contribution in [0.4, 0.5) is 0 Å². The Balaban J connectivity index is 4.32. The summed E-state index contributed by atoms with van der Waals surface area (Å²) >= 11 is 5.43. The maximum Gasteiger partial charge on any atom is 0.279 e. The first-order valence-corrected chi connectivity index (χ1v) is 5.65. The quantitative estimate of drug-likeness (QED) is 0.758. The SMILES string of the molecule is C=C(Cl)CNS(=O)(=O)N(C)C(C)C. The molecule has 1 N–H and O–H groups in total. The monoisotopic (exact) mass is 226 g/mol. The summed E-state index contributed by atoms with van der Waals surface area (Å²) < 4.78 is 26.3. The zero-order valence-electron chi connectivity index (χ0n) is 8.04. The molecule has 6 heteroatoms. The first-order chi connectivity index (χ1) is 5.77. The van der Waals surface area contributed by atoms with E-state index in [0.29, 0.717) is 0 Å². The van der Waals surface area contributed by atoms with E-state index in [9.17, 15) is 8.42 Å². The minimum atomic E-state index is -3.42. The highest BCUT2D eigenvalue weighted by atomic mass is 35.5. The van der Waals surface area contributed by atoms with E-state index in [2.05, 4.69) is 11.3 Å². The molecule has 0 saturated heterocycles. The van der Waals surface area contributed by atoms with Gasteiger partial charge >= 0.3 is 0 Å². The summed E-state index contributed by atoms with van der Waals surface area (Å²) in [5, 5.41) is 0.265. The van der Waals surface area contributed by atoms with Gasteiger partial charge in [0, 0.05) is 24.7 Å². The number of halogens is 1. The molecule has 0 aromatic heterocycles. The van der Waals surface area contributed by atoms with Gasteiger partial charge in [0.05, 0.1) is 0 Å². The molecule has 0 fully saturated rings. The summed E-state index contributed by atoms with van der Waals surface area (Å²) in [6.07, 6.45) is 0. The van der Waals surface area contributed by atoms with Crippen molar-refractivity contribution in [3.63, 3.8) is 0 Å². The highest BCUT2D eigenvalue weighted by molar-refractivity contribution is 7.87. The van der Waals surface area contributed by atoms with Crippen molar-refractivity contribution in [1.82, 2.24) is 9.03 Å². The second-order valence-corrected chi connectivity index (χ2v) is 5.30. The van der Waals surface area contributed by atoms with Gasteiger partial charge in [0.15, 0.2) is 0 Å². The Labute approximate surface area is 84.7 Å². The van der Waals surface area contributed by atoms with E-state index in [1.54, 1.807) is 13.8 Å². The number of hydrogen-bond acceptors (Lipinski definition) is 2. The number of nitrogens with zero attached hydrogens (tertiary/aromatic N) is 1. The van der Waals surface area contributed by atoms with Crippen LogP contribution in [0.25, 0.3) is 0 Å². The van der Waals surface area contributed by atoms with E-state index in [1.165, 1.54) is 11.4 Å². The van der Waals surface area contributed by atoms with Crippen molar-refractivity contribution in [2.75, 3.05) is 13.6 Å². The molecule has 0 atom stereocenters. The Morgan fingerprint density at radius 1 is 1.62 bits per heavy atom. The summed E-state index contributed by atoms with van der Waals surface area (Å²) in [5.74, 6) is 0. The van der Waals surface area contributed by atoms with Gasteiger partial charge in [0.1, 0.15) is 0 Å². The van der Waals surface area contributed by atoms with Gasteiger partial charge in [-0.1, -0.05) is 18.2 Å². The van der Waals surface area contributed by atoms with E-state index >= 15 is 0 Å². The average molecular weight is 227 g/mol. The fraction of sp³-hybridized carbons (Fsp3) is 0.714. The van der Waals surface area contributed by atoms with Gasteiger partial charge in [0.25, 0.3) is 10.2 Å². The standard InChI is InChI=1S/C7H15ClN2O2S/c1-6(2)10(4)13(11,12)9-5-7(3)8/h6,9H,3,5H2,1-2,4H3. The Kier molecular flexibility index (Phi) is 4.91. The molecule has 0 rings (SSSR count). The van der Waals surface area contributed by atoms with Crippen LogP contribution in [-0.4, -0.2) is 32.4 Å². The second-order valence-electron chi connectivity index (χ2n) is 2.95. The van der Waals surface area contributed by atoms with Crippen LogP contribution >= 0.6 is 11.6 Å². The second kappa shape index (κ2) is 4.95. The Morgan fingerprint density at radius 3 is 2.38 bits per heavy atom. The highest BCUT2D eigenvalue weighted by Gasteiger charge is 2.19. The number of rotatable bonds is 5. The molecule has 78 valence electrons. The third-order valence-corrected chi connectivity index (χ3v) is 3.38. The predicted octanol–water partition coefficient (Wildman–Crippen LogP) is 0.913. The Hall–Kier alpha value is -0.100. The molecule has 0 aromatic rings. The van der Waals surface area contributed by atoms with Gasteiger partial charge in [-0.15, -0.1) is 0 Å². The first kappa shape index (κ1) is 12.9. The van der Waals surface area contributed by atoms with Crippen molar-refractivity contribution in [2.45, 2.75) is 19.9 Å². The lowest BCUT2D eigenvalue weighted by molar-refractivity contribution is 0.404. The maximum atomic E-state index is 11.4. The molecule has 0 amide bonds. The van der Waals surface area contributed by atoms with Gasteiger partial charge in [-0.25, -0.2) is 0 Å². The van der Waals surface area contributed by atoms with E-state index in [4.69, 9.17) is 11.6 Å². The lowest BCUT2D eigenvalue weighted by Crippen LogP contribution is -2.42. The number of nitrogens with one attached hydrogen (secondary N) is 1. The molecule has 0 bridgehead atoms. The van der Waals surface area contributed by atoms with Crippen LogP contribution in [0.2, 0.25) is 0 Å². The summed E-state index contributed by atoms with van der Waals surface area (Å²) in [6.45, 7) is 7.01. The summed E-state index contributed by atoms with van der Waals surface area (Å²) in [5.41, 5.74) is 0. The third-order valence-electron chi connectivity index (χ3n) is 1.55. The summed E-state index contributed by atoms with van der Waals surface area (Å²) in [6, 6.07) is -0.0823. The normalized spacial score (nSPS) is 12.5. The lowest BCUT2D eigenvalue weighted by atomic mass is 10.4. The van der Waals surface area contributed by atoms with Gasteiger partial charge in [-0.2, -0.15) is 17.4 Å². The van der Waals surface area contributed by atoms with Crippen molar-refractivity contribution in [1.29, 1.82) is 0 Å². The molecule has 0 aliphatic rings. The molecular weight excluding hydrogens is 212 g/mol. The van der Waals surface area contributed by atoms with E-state index in [0.717, 1.165) is 0 Å². The molecule has 13 heavy (non-hydrogen) atoms. The van der Waals surface area contributed by atoms with E-state index in [1.807, 2.05) is 0 Å². The molecule has 0 unspecified atom stereocenters. The van der Waals surface area contributed by atoms with Crippen molar-refractivity contribution < 1.29 is 8.42 Å². The molecule has 0 aliphatic heterocycles. The minimum absolute atomic E-state index is 0.0565. The van der Waals surface area contributed by atoms with Gasteiger partial charge in [-0.05, 0) is 13.8 Å². The summed E-state index contributed by atoms with van der Waals surface area (Å²) in [7, 11) is -1.91. The maximum absolute atomic E-state index is 11.4. The van der Waals surface area contributed by atoms with Crippen molar-refractivity contribution in [3.05, 3.63) is 11.6 Å². The van der Waals surface area contributed by atoms with E-state index < -0.39 is 10.2 Å². The van der Waals surface area contributed by atoms with Crippen LogP contribution in [-0.2, 0) is 10.2 Å². The largest absolute Gasteiger partial charge is 0.279 e. The molecular formula is C7H15ClN2O2S. The van der Waals surface area contributed by atoms with Gasteiger partial charge in [-0.3, -0.25) is 0 Å². The van der Waals surface area contributed by atoms with Crippen LogP contribution in [0.3, 0.4) is 0 Å². The molecule has 0 spiro atoms. The molecule has 0 radical (unpaired) electrons. The molecule has 0 heterocycles. The zero-order chi connectivity index (χ0) is 10.6. The Morgan fingerprint density at radius 2 is 2.08 bits per heavy atom. The van der Waals surface area contributed by atoms with E-state index in [-0.39, 0.29) is 17.6 Å². The molecule has 4 nitrogen and oxygen atoms in total. The zero-order valence-corrected chi connectivity index (χ0v) is 9.61. The van der Waals surface area contributed by atoms with Gasteiger partial charge in [0.2, 0.25) is 0 Å². The van der Waals surface area contributed by atoms with Crippen molar-refractivity contribution >= 4 is 21.8 Å². The molecule has 0 saturated carbocycles. The van der Waals surface area contributed by atoms with Crippen LogP contribution in [0.15, 0.2) is 11.6 Å². The summed E-state index contributed by atoms with van der Waals surface area (Å²) in [4.78, 5) is 0. The molecule has 0 aliphatic carbocycles. The van der Waals surface area contributed by atoms with Crippen LogP contribution in [0.5, 0.6) is 0 Å².